The van der Waals surface area contributed by atoms with E-state index in [0.717, 1.165) is 16.7 Å². The summed E-state index contributed by atoms with van der Waals surface area (Å²) >= 11 is 0. The standard InChI is InChI=1S/C22H17F3N4O/c1-3-26-22-27-19(14-8-7-13(23)11-12(14)2)15-9-10-18(30)29(21(15)28-22)20-16(24)5-4-6-17(20)25/h4-11H,3H2,1-2H3,(H,26,27,28). The van der Waals surface area contributed by atoms with E-state index in [1.807, 2.05) is 6.92 Å². The molecule has 2 aromatic heterocycles. The summed E-state index contributed by atoms with van der Waals surface area (Å²) in [6.07, 6.45) is 0. The lowest BCUT2D eigenvalue weighted by atomic mass is 10.0. The Morgan fingerprint density at radius 3 is 2.40 bits per heavy atom. The molecule has 1 N–H and O–H groups in total. The Kier molecular flexibility index (Phi) is 4.99. The largest absolute Gasteiger partial charge is 0.354 e. The fourth-order valence-electron chi connectivity index (χ4n) is 3.37. The number of halogens is 3. The summed E-state index contributed by atoms with van der Waals surface area (Å²) in [5.41, 5.74) is 0.523. The fraction of sp³-hybridized carbons (Fsp3) is 0.136. The highest BCUT2D eigenvalue weighted by atomic mass is 19.1. The normalized spacial score (nSPS) is 11.1. The van der Waals surface area contributed by atoms with E-state index >= 15 is 0 Å². The molecular weight excluding hydrogens is 393 g/mol. The van der Waals surface area contributed by atoms with Crippen molar-refractivity contribution in [2.24, 2.45) is 0 Å². The zero-order valence-corrected chi connectivity index (χ0v) is 16.2. The lowest BCUT2D eigenvalue weighted by Crippen LogP contribution is -2.21. The summed E-state index contributed by atoms with van der Waals surface area (Å²) < 4.78 is 43.6. The molecule has 0 unspecified atom stereocenters. The van der Waals surface area contributed by atoms with E-state index in [9.17, 15) is 18.0 Å². The molecule has 0 spiro atoms. The van der Waals surface area contributed by atoms with E-state index in [1.54, 1.807) is 13.0 Å². The Balaban J connectivity index is 2.14. The molecule has 30 heavy (non-hydrogen) atoms. The average Bonchev–Trinajstić information content (AvgIpc) is 2.69. The number of hydrogen-bond donors (Lipinski definition) is 1. The summed E-state index contributed by atoms with van der Waals surface area (Å²) in [6, 6.07) is 10.3. The molecule has 5 nitrogen and oxygen atoms in total. The van der Waals surface area contributed by atoms with Crippen LogP contribution < -0.4 is 10.9 Å². The minimum absolute atomic E-state index is 0.0381. The van der Waals surface area contributed by atoms with Crippen LogP contribution in [-0.2, 0) is 0 Å². The molecule has 0 fully saturated rings. The van der Waals surface area contributed by atoms with E-state index < -0.39 is 28.7 Å². The van der Waals surface area contributed by atoms with Gasteiger partial charge in [0.2, 0.25) is 5.95 Å². The van der Waals surface area contributed by atoms with E-state index in [2.05, 4.69) is 15.3 Å². The van der Waals surface area contributed by atoms with E-state index in [-0.39, 0.29) is 11.6 Å². The third kappa shape index (κ3) is 3.30. The molecular formula is C22H17F3N4O. The van der Waals surface area contributed by atoms with Gasteiger partial charge in [-0.05, 0) is 55.8 Å². The zero-order chi connectivity index (χ0) is 21.4. The van der Waals surface area contributed by atoms with Gasteiger partial charge < -0.3 is 5.32 Å². The first-order valence-electron chi connectivity index (χ1n) is 9.29. The smallest absolute Gasteiger partial charge is 0.256 e. The molecule has 0 saturated heterocycles. The van der Waals surface area contributed by atoms with Crippen LogP contribution in [0.15, 0.2) is 53.3 Å². The minimum atomic E-state index is -0.896. The number of para-hydroxylation sites is 1. The predicted molar refractivity (Wildman–Crippen MR) is 109 cm³/mol. The highest BCUT2D eigenvalue weighted by Crippen LogP contribution is 2.31. The van der Waals surface area contributed by atoms with E-state index in [1.165, 1.54) is 30.3 Å². The quantitative estimate of drug-likeness (QED) is 0.534. The number of fused-ring (bicyclic) bond motifs is 1. The maximum absolute atomic E-state index is 14.5. The Hall–Kier alpha value is -3.68. The van der Waals surface area contributed by atoms with Gasteiger partial charge in [-0.25, -0.2) is 18.2 Å². The second-order valence-electron chi connectivity index (χ2n) is 6.70. The van der Waals surface area contributed by atoms with Crippen LogP contribution in [0.25, 0.3) is 28.0 Å². The molecule has 0 saturated carbocycles. The maximum Gasteiger partial charge on any atom is 0.256 e. The van der Waals surface area contributed by atoms with Gasteiger partial charge in [-0.2, -0.15) is 4.98 Å². The van der Waals surface area contributed by atoms with Crippen molar-refractivity contribution in [3.8, 4) is 16.9 Å². The van der Waals surface area contributed by atoms with Gasteiger partial charge in [-0.3, -0.25) is 9.36 Å². The third-order valence-corrected chi connectivity index (χ3v) is 4.69. The van der Waals surface area contributed by atoms with Crippen LogP contribution in [0.5, 0.6) is 0 Å². The Bertz CT molecular complexity index is 1310. The van der Waals surface area contributed by atoms with Crippen LogP contribution in [0.2, 0.25) is 0 Å². The molecule has 0 aliphatic rings. The minimum Gasteiger partial charge on any atom is -0.354 e. The lowest BCUT2D eigenvalue weighted by Gasteiger charge is -2.15. The van der Waals surface area contributed by atoms with Crippen LogP contribution in [0.4, 0.5) is 19.1 Å². The predicted octanol–water partition coefficient (Wildman–Crippen LogP) is 4.61. The number of benzene rings is 2. The lowest BCUT2D eigenvalue weighted by molar-refractivity contribution is 0.568. The van der Waals surface area contributed by atoms with Crippen LogP contribution in [0, 0.1) is 24.4 Å². The first-order valence-corrected chi connectivity index (χ1v) is 9.29. The highest BCUT2D eigenvalue weighted by molar-refractivity contribution is 5.93. The molecule has 4 rings (SSSR count). The summed E-state index contributed by atoms with van der Waals surface area (Å²) in [6.45, 7) is 4.05. The van der Waals surface area contributed by atoms with Crippen molar-refractivity contribution in [3.63, 3.8) is 0 Å². The van der Waals surface area contributed by atoms with Gasteiger partial charge in [-0.1, -0.05) is 6.07 Å². The molecule has 0 radical (unpaired) electrons. The monoisotopic (exact) mass is 410 g/mol. The van der Waals surface area contributed by atoms with Crippen molar-refractivity contribution >= 4 is 17.0 Å². The van der Waals surface area contributed by atoms with Gasteiger partial charge in [0.15, 0.2) is 5.65 Å². The van der Waals surface area contributed by atoms with Gasteiger partial charge in [0, 0.05) is 23.6 Å². The third-order valence-electron chi connectivity index (χ3n) is 4.69. The molecule has 4 aromatic rings. The number of nitrogens with one attached hydrogen (secondary N) is 1. The maximum atomic E-state index is 14.5. The number of hydrogen-bond acceptors (Lipinski definition) is 4. The Labute approximate surface area is 169 Å². The molecule has 8 heteroatoms. The van der Waals surface area contributed by atoms with Crippen molar-refractivity contribution in [1.82, 2.24) is 14.5 Å². The zero-order valence-electron chi connectivity index (χ0n) is 16.2. The number of rotatable bonds is 4. The summed E-state index contributed by atoms with van der Waals surface area (Å²) in [5, 5.41) is 3.37. The summed E-state index contributed by atoms with van der Waals surface area (Å²) in [7, 11) is 0. The fourth-order valence-corrected chi connectivity index (χ4v) is 3.37. The van der Waals surface area contributed by atoms with Crippen molar-refractivity contribution in [1.29, 1.82) is 0 Å². The van der Waals surface area contributed by atoms with E-state index in [0.29, 0.717) is 28.8 Å². The SMILES string of the molecule is CCNc1nc(-c2ccc(F)cc2C)c2ccc(=O)n(-c3c(F)cccc3F)c2n1. The molecule has 0 aliphatic carbocycles. The van der Waals surface area contributed by atoms with Gasteiger partial charge in [-0.15, -0.1) is 0 Å². The van der Waals surface area contributed by atoms with Gasteiger partial charge in [0.1, 0.15) is 23.1 Å². The molecule has 2 heterocycles. The number of anilines is 1. The number of aryl methyl sites for hydroxylation is 1. The molecule has 2 aromatic carbocycles. The number of nitrogens with zero attached hydrogens (tertiary/aromatic N) is 3. The molecule has 0 bridgehead atoms. The van der Waals surface area contributed by atoms with Crippen molar-refractivity contribution in [2.75, 3.05) is 11.9 Å². The highest BCUT2D eigenvalue weighted by Gasteiger charge is 2.20. The summed E-state index contributed by atoms with van der Waals surface area (Å²) in [5.74, 6) is -2.01. The van der Waals surface area contributed by atoms with Crippen LogP contribution in [0.1, 0.15) is 12.5 Å². The molecule has 0 amide bonds. The summed E-state index contributed by atoms with van der Waals surface area (Å²) in [4.78, 5) is 21.5. The van der Waals surface area contributed by atoms with Crippen molar-refractivity contribution in [2.45, 2.75) is 13.8 Å². The van der Waals surface area contributed by atoms with Gasteiger partial charge in [0.05, 0.1) is 5.69 Å². The van der Waals surface area contributed by atoms with Gasteiger partial charge >= 0.3 is 0 Å². The van der Waals surface area contributed by atoms with Crippen LogP contribution >= 0.6 is 0 Å². The van der Waals surface area contributed by atoms with Gasteiger partial charge in [0.25, 0.3) is 5.56 Å². The average molecular weight is 410 g/mol. The molecule has 152 valence electrons. The Morgan fingerprint density at radius 1 is 1.00 bits per heavy atom. The Morgan fingerprint density at radius 2 is 1.73 bits per heavy atom. The second-order valence-corrected chi connectivity index (χ2v) is 6.70. The number of pyridine rings is 1. The molecule has 0 atom stereocenters. The van der Waals surface area contributed by atoms with Crippen molar-refractivity contribution < 1.29 is 13.2 Å². The second kappa shape index (κ2) is 7.62. The first kappa shape index (κ1) is 19.6. The van der Waals surface area contributed by atoms with Crippen LogP contribution in [0.3, 0.4) is 0 Å². The first-order chi connectivity index (χ1) is 14.4. The molecule has 0 aliphatic heterocycles. The number of aromatic nitrogens is 3. The van der Waals surface area contributed by atoms with E-state index in [4.69, 9.17) is 0 Å². The topological polar surface area (TPSA) is 59.8 Å². The van der Waals surface area contributed by atoms with Crippen molar-refractivity contribution in [3.05, 3.63) is 81.9 Å². The van der Waals surface area contributed by atoms with Crippen LogP contribution in [-0.4, -0.2) is 21.1 Å².